The van der Waals surface area contributed by atoms with E-state index >= 15 is 0 Å². The Morgan fingerprint density at radius 3 is 3.27 bits per heavy atom. The van der Waals surface area contributed by atoms with Gasteiger partial charge in [0.2, 0.25) is 4.77 Å². The van der Waals surface area contributed by atoms with E-state index in [1.54, 1.807) is 22.2 Å². The zero-order chi connectivity index (χ0) is 10.7. The molecular weight excluding hydrogens is 228 g/mol. The minimum Gasteiger partial charge on any atom is -0.250 e. The van der Waals surface area contributed by atoms with Crippen molar-refractivity contribution >= 4 is 29.8 Å². The number of hydrogen-bond donors (Lipinski definition) is 1. The fourth-order valence-corrected chi connectivity index (χ4v) is 1.95. The first-order chi connectivity index (χ1) is 7.31. The minimum absolute atomic E-state index is 0.526. The number of aromatic nitrogens is 3. The maximum absolute atomic E-state index is 5.07. The van der Waals surface area contributed by atoms with Crippen LogP contribution in [0.15, 0.2) is 21.9 Å². The third-order valence-corrected chi connectivity index (χ3v) is 2.86. The second-order valence-corrected chi connectivity index (χ2v) is 4.08. The Morgan fingerprint density at radius 1 is 1.73 bits per heavy atom. The topological polar surface area (TPSA) is 46.0 Å². The molecular formula is C9H10N4S2. The highest BCUT2D eigenvalue weighted by Gasteiger charge is 2.00. The van der Waals surface area contributed by atoms with E-state index in [9.17, 15) is 0 Å². The number of aryl methyl sites for hydroxylation is 1. The van der Waals surface area contributed by atoms with Crippen molar-refractivity contribution in [2.75, 3.05) is 0 Å². The van der Waals surface area contributed by atoms with E-state index in [2.05, 4.69) is 15.3 Å². The quantitative estimate of drug-likeness (QED) is 0.659. The van der Waals surface area contributed by atoms with Gasteiger partial charge in [-0.25, -0.2) is 0 Å². The van der Waals surface area contributed by atoms with Crippen LogP contribution in [0.2, 0.25) is 0 Å². The second-order valence-electron chi connectivity index (χ2n) is 2.91. The zero-order valence-corrected chi connectivity index (χ0v) is 9.81. The summed E-state index contributed by atoms with van der Waals surface area (Å²) in [6.45, 7) is 2.02. The maximum Gasteiger partial charge on any atom is 0.216 e. The molecule has 78 valence electrons. The van der Waals surface area contributed by atoms with Crippen molar-refractivity contribution in [3.63, 3.8) is 0 Å². The van der Waals surface area contributed by atoms with Gasteiger partial charge in [0.05, 0.1) is 6.21 Å². The molecule has 4 nitrogen and oxygen atoms in total. The molecule has 0 unspecified atom stereocenters. The summed E-state index contributed by atoms with van der Waals surface area (Å²) >= 11 is 6.71. The Labute approximate surface area is 96.3 Å². The van der Waals surface area contributed by atoms with Crippen LogP contribution in [0.1, 0.15) is 18.3 Å². The van der Waals surface area contributed by atoms with Gasteiger partial charge in [-0.05, 0) is 29.0 Å². The van der Waals surface area contributed by atoms with E-state index in [1.165, 1.54) is 0 Å². The first kappa shape index (κ1) is 10.3. The zero-order valence-electron chi connectivity index (χ0n) is 8.17. The number of hydrogen-bond acceptors (Lipinski definition) is 4. The summed E-state index contributed by atoms with van der Waals surface area (Å²) in [5.41, 5.74) is 1.07. The van der Waals surface area contributed by atoms with E-state index in [4.69, 9.17) is 12.2 Å². The van der Waals surface area contributed by atoms with Crippen molar-refractivity contribution in [2.24, 2.45) is 5.10 Å². The molecule has 2 aromatic heterocycles. The summed E-state index contributed by atoms with van der Waals surface area (Å²) in [6, 6.07) is 2.00. The van der Waals surface area contributed by atoms with Gasteiger partial charge in [0.15, 0.2) is 5.82 Å². The smallest absolute Gasteiger partial charge is 0.216 e. The molecule has 0 bridgehead atoms. The molecule has 0 aromatic carbocycles. The van der Waals surface area contributed by atoms with Crippen molar-refractivity contribution in [1.29, 1.82) is 0 Å². The summed E-state index contributed by atoms with van der Waals surface area (Å²) < 4.78 is 2.17. The molecule has 2 heterocycles. The SMILES string of the molecule is CCc1n[nH]c(=S)n1N=Cc1ccsc1. The predicted molar refractivity (Wildman–Crippen MR) is 64.1 cm³/mol. The highest BCUT2D eigenvalue weighted by Crippen LogP contribution is 2.04. The van der Waals surface area contributed by atoms with Gasteiger partial charge in [0.1, 0.15) is 0 Å². The van der Waals surface area contributed by atoms with E-state index in [0.29, 0.717) is 4.77 Å². The van der Waals surface area contributed by atoms with Crippen LogP contribution in [0.4, 0.5) is 0 Å². The minimum atomic E-state index is 0.526. The van der Waals surface area contributed by atoms with Crippen LogP contribution in [0.3, 0.4) is 0 Å². The van der Waals surface area contributed by atoms with Crippen molar-refractivity contribution in [3.8, 4) is 0 Å². The van der Waals surface area contributed by atoms with Crippen LogP contribution in [0.25, 0.3) is 0 Å². The third-order valence-electron chi connectivity index (χ3n) is 1.90. The van der Waals surface area contributed by atoms with Gasteiger partial charge in [-0.1, -0.05) is 6.92 Å². The standard InChI is InChI=1S/C9H10N4S2/c1-2-8-11-12-9(14)13(8)10-5-7-3-4-15-6-7/h3-6H,2H2,1H3,(H,12,14). The molecule has 0 aliphatic rings. The number of rotatable bonds is 3. The summed E-state index contributed by atoms with van der Waals surface area (Å²) in [5, 5.41) is 15.1. The molecule has 2 rings (SSSR count). The van der Waals surface area contributed by atoms with Crippen LogP contribution < -0.4 is 0 Å². The number of aromatic amines is 1. The van der Waals surface area contributed by atoms with Crippen molar-refractivity contribution in [1.82, 2.24) is 14.9 Å². The van der Waals surface area contributed by atoms with Crippen molar-refractivity contribution in [3.05, 3.63) is 33.0 Å². The molecule has 1 N–H and O–H groups in total. The lowest BCUT2D eigenvalue weighted by atomic mass is 10.4. The molecule has 0 fully saturated rings. The lowest BCUT2D eigenvalue weighted by Crippen LogP contribution is -1.96. The maximum atomic E-state index is 5.07. The summed E-state index contributed by atoms with van der Waals surface area (Å²) in [5.74, 6) is 0.839. The highest BCUT2D eigenvalue weighted by atomic mass is 32.1. The molecule has 0 aliphatic carbocycles. The molecule has 0 amide bonds. The molecule has 6 heteroatoms. The Hall–Kier alpha value is -1.27. The summed E-state index contributed by atoms with van der Waals surface area (Å²) in [4.78, 5) is 0. The Balaban J connectivity index is 2.31. The first-order valence-corrected chi connectivity index (χ1v) is 5.89. The molecule has 0 aliphatic heterocycles. The van der Waals surface area contributed by atoms with Gasteiger partial charge < -0.3 is 0 Å². The molecule has 15 heavy (non-hydrogen) atoms. The molecule has 0 radical (unpaired) electrons. The Bertz CT molecular complexity index is 506. The van der Waals surface area contributed by atoms with E-state index in [0.717, 1.165) is 17.8 Å². The highest BCUT2D eigenvalue weighted by molar-refractivity contribution is 7.71. The van der Waals surface area contributed by atoms with Crippen LogP contribution in [0.5, 0.6) is 0 Å². The van der Waals surface area contributed by atoms with E-state index < -0.39 is 0 Å². The van der Waals surface area contributed by atoms with Gasteiger partial charge >= 0.3 is 0 Å². The first-order valence-electron chi connectivity index (χ1n) is 4.54. The third kappa shape index (κ3) is 2.21. The van der Waals surface area contributed by atoms with Crippen LogP contribution in [-0.2, 0) is 6.42 Å². The Kier molecular flexibility index (Phi) is 3.08. The summed E-state index contributed by atoms with van der Waals surface area (Å²) in [7, 11) is 0. The molecule has 0 atom stereocenters. The number of nitrogens with zero attached hydrogens (tertiary/aromatic N) is 3. The van der Waals surface area contributed by atoms with Gasteiger partial charge in [0, 0.05) is 12.0 Å². The largest absolute Gasteiger partial charge is 0.250 e. The van der Waals surface area contributed by atoms with Crippen LogP contribution in [-0.4, -0.2) is 21.1 Å². The lowest BCUT2D eigenvalue weighted by Gasteiger charge is -1.94. The fourth-order valence-electron chi connectivity index (χ4n) is 1.15. The normalized spacial score (nSPS) is 11.3. The average molecular weight is 238 g/mol. The molecule has 0 spiro atoms. The predicted octanol–water partition coefficient (Wildman–Crippen LogP) is 2.45. The van der Waals surface area contributed by atoms with Crippen LogP contribution in [0, 0.1) is 4.77 Å². The van der Waals surface area contributed by atoms with Crippen molar-refractivity contribution < 1.29 is 0 Å². The number of H-pyrrole nitrogens is 1. The number of thiophene rings is 1. The average Bonchev–Trinajstić information content (AvgIpc) is 2.84. The monoisotopic (exact) mass is 238 g/mol. The summed E-state index contributed by atoms with van der Waals surface area (Å²) in [6.07, 6.45) is 2.58. The lowest BCUT2D eigenvalue weighted by molar-refractivity contribution is 0.780. The molecule has 0 saturated carbocycles. The Morgan fingerprint density at radius 2 is 2.60 bits per heavy atom. The number of nitrogens with one attached hydrogen (secondary N) is 1. The van der Waals surface area contributed by atoms with Gasteiger partial charge in [-0.2, -0.15) is 26.2 Å². The van der Waals surface area contributed by atoms with Crippen LogP contribution >= 0.6 is 23.6 Å². The second kappa shape index (κ2) is 4.50. The van der Waals surface area contributed by atoms with Gasteiger partial charge in [0.25, 0.3) is 0 Å². The van der Waals surface area contributed by atoms with Crippen molar-refractivity contribution in [2.45, 2.75) is 13.3 Å². The van der Waals surface area contributed by atoms with E-state index in [-0.39, 0.29) is 0 Å². The van der Waals surface area contributed by atoms with Gasteiger partial charge in [-0.15, -0.1) is 0 Å². The van der Waals surface area contributed by atoms with Gasteiger partial charge in [-0.3, -0.25) is 5.10 Å². The fraction of sp³-hybridized carbons (Fsp3) is 0.222. The van der Waals surface area contributed by atoms with E-state index in [1.807, 2.05) is 23.8 Å². The molecule has 2 aromatic rings. The molecule has 0 saturated heterocycles.